The first-order valence-electron chi connectivity index (χ1n) is 13.5. The smallest absolute Gasteiger partial charge is 0.315 e. The molecule has 6 atom stereocenters. The Kier molecular flexibility index (Phi) is 7.65. The summed E-state index contributed by atoms with van der Waals surface area (Å²) >= 11 is 0. The fourth-order valence-corrected chi connectivity index (χ4v) is 7.25. The van der Waals surface area contributed by atoms with Crippen LogP contribution in [0.5, 0.6) is 0 Å². The molecule has 2 saturated heterocycles. The van der Waals surface area contributed by atoms with E-state index in [9.17, 15) is 4.79 Å². The van der Waals surface area contributed by atoms with Crippen molar-refractivity contribution in [3.8, 4) is 0 Å². The van der Waals surface area contributed by atoms with Gasteiger partial charge in [-0.15, -0.1) is 0 Å². The van der Waals surface area contributed by atoms with Crippen LogP contribution in [-0.4, -0.2) is 57.0 Å². The molecule has 5 nitrogen and oxygen atoms in total. The number of carbonyl (C=O) groups is 1. The Labute approximate surface area is 190 Å². The van der Waals surface area contributed by atoms with E-state index in [2.05, 4.69) is 26.1 Å². The minimum absolute atomic E-state index is 0.0809. The molecule has 0 aromatic carbocycles. The van der Waals surface area contributed by atoms with E-state index < -0.39 is 0 Å². The highest BCUT2D eigenvalue weighted by Crippen LogP contribution is 2.62. The van der Waals surface area contributed by atoms with Gasteiger partial charge < -0.3 is 19.7 Å². The van der Waals surface area contributed by atoms with E-state index in [4.69, 9.17) is 9.47 Å². The Morgan fingerprint density at radius 1 is 1.10 bits per heavy atom. The molecule has 178 valence electrons. The van der Waals surface area contributed by atoms with Crippen molar-refractivity contribution in [2.75, 3.05) is 39.3 Å². The van der Waals surface area contributed by atoms with E-state index in [1.165, 1.54) is 71.0 Å². The molecule has 1 spiro atoms. The van der Waals surface area contributed by atoms with Crippen LogP contribution in [0.3, 0.4) is 0 Å². The molecule has 2 aliphatic heterocycles. The molecule has 0 amide bonds. The fourth-order valence-electron chi connectivity index (χ4n) is 7.25. The van der Waals surface area contributed by atoms with Gasteiger partial charge in [0, 0.05) is 12.3 Å². The zero-order valence-corrected chi connectivity index (χ0v) is 20.4. The summed E-state index contributed by atoms with van der Waals surface area (Å²) in [6, 6.07) is 0. The van der Waals surface area contributed by atoms with Crippen molar-refractivity contribution >= 4 is 5.97 Å². The lowest BCUT2D eigenvalue weighted by Gasteiger charge is -2.51. The van der Waals surface area contributed by atoms with Crippen molar-refractivity contribution in [3.63, 3.8) is 0 Å². The number of epoxide rings is 1. The summed E-state index contributed by atoms with van der Waals surface area (Å²) in [6.07, 6.45) is 12.6. The number of nitrogens with one attached hydrogen (secondary N) is 1. The predicted molar refractivity (Wildman–Crippen MR) is 122 cm³/mol. The van der Waals surface area contributed by atoms with Gasteiger partial charge in [-0.2, -0.15) is 0 Å². The van der Waals surface area contributed by atoms with Gasteiger partial charge in [0.2, 0.25) is 0 Å². The van der Waals surface area contributed by atoms with Gasteiger partial charge in [-0.25, -0.2) is 0 Å². The summed E-state index contributed by atoms with van der Waals surface area (Å²) in [6.45, 7) is 13.9. The van der Waals surface area contributed by atoms with E-state index in [1.54, 1.807) is 4.90 Å². The maximum Gasteiger partial charge on any atom is 0.315 e. The van der Waals surface area contributed by atoms with Crippen LogP contribution in [0.1, 0.15) is 85.0 Å². The van der Waals surface area contributed by atoms with E-state index in [-0.39, 0.29) is 23.6 Å². The summed E-state index contributed by atoms with van der Waals surface area (Å²) in [5, 5.41) is 2.41. The number of hydrogen-bond acceptors (Lipinski definition) is 3. The lowest BCUT2D eigenvalue weighted by molar-refractivity contribution is -0.902. The monoisotopic (exact) mass is 436 g/mol. The van der Waals surface area contributed by atoms with E-state index >= 15 is 0 Å². The fraction of sp³-hybridized carbons (Fsp3) is 0.962. The first-order chi connectivity index (χ1) is 15.0. The lowest BCUT2D eigenvalue weighted by atomic mass is 9.53. The zero-order chi connectivity index (χ0) is 21.9. The highest BCUT2D eigenvalue weighted by atomic mass is 16.6. The largest absolute Gasteiger partial charge is 0.462 e. The zero-order valence-electron chi connectivity index (χ0n) is 20.4. The number of fused-ring (bicyclic) bond motifs is 3. The van der Waals surface area contributed by atoms with Crippen LogP contribution in [0.15, 0.2) is 0 Å². The van der Waals surface area contributed by atoms with E-state index in [1.807, 2.05) is 0 Å². The number of quaternary nitrogens is 2. The van der Waals surface area contributed by atoms with Gasteiger partial charge in [-0.05, 0) is 56.3 Å². The van der Waals surface area contributed by atoms with E-state index in [0.717, 1.165) is 32.5 Å². The van der Waals surface area contributed by atoms with Crippen molar-refractivity contribution in [3.05, 3.63) is 0 Å². The molecule has 2 aliphatic carbocycles. The average Bonchev–Trinajstić information content (AvgIpc) is 3.45. The first-order valence-corrected chi connectivity index (χ1v) is 13.5. The third kappa shape index (κ3) is 5.14. The second-order valence-electron chi connectivity index (χ2n) is 11.5. The second kappa shape index (κ2) is 10.1. The molecule has 4 aliphatic rings. The average molecular weight is 437 g/mol. The molecule has 2 heterocycles. The van der Waals surface area contributed by atoms with Gasteiger partial charge in [-0.3, -0.25) is 4.79 Å². The van der Waals surface area contributed by atoms with Gasteiger partial charge in [0.15, 0.2) is 0 Å². The van der Waals surface area contributed by atoms with Crippen LogP contribution in [-0.2, 0) is 14.3 Å². The maximum absolute atomic E-state index is 12.8. The summed E-state index contributed by atoms with van der Waals surface area (Å²) in [5.41, 5.74) is 0.457. The highest BCUT2D eigenvalue weighted by molar-refractivity contribution is 5.75. The van der Waals surface area contributed by atoms with Gasteiger partial charge >= 0.3 is 5.97 Å². The molecule has 3 N–H and O–H groups in total. The van der Waals surface area contributed by atoms with Gasteiger partial charge in [-0.1, -0.05) is 33.6 Å². The van der Waals surface area contributed by atoms with Crippen molar-refractivity contribution in [1.82, 2.24) is 0 Å². The molecule has 4 rings (SSSR count). The number of carbonyl (C=O) groups excluding carboxylic acids is 1. The van der Waals surface area contributed by atoms with Crippen molar-refractivity contribution in [2.45, 2.75) is 96.7 Å². The minimum Gasteiger partial charge on any atom is -0.462 e. The number of rotatable bonds is 12. The Bertz CT molecular complexity index is 599. The van der Waals surface area contributed by atoms with Crippen molar-refractivity contribution in [1.29, 1.82) is 0 Å². The molecule has 31 heavy (non-hydrogen) atoms. The van der Waals surface area contributed by atoms with Crippen LogP contribution >= 0.6 is 0 Å². The number of esters is 1. The van der Waals surface area contributed by atoms with Gasteiger partial charge in [0.25, 0.3) is 0 Å². The lowest BCUT2D eigenvalue weighted by Crippen LogP contribution is -3.12. The van der Waals surface area contributed by atoms with E-state index in [0.29, 0.717) is 17.3 Å². The second-order valence-corrected chi connectivity index (χ2v) is 11.5. The molecule has 0 bridgehead atoms. The topological polar surface area (TPSA) is 59.9 Å². The van der Waals surface area contributed by atoms with Gasteiger partial charge in [0.1, 0.15) is 12.0 Å². The van der Waals surface area contributed by atoms with Crippen LogP contribution in [0.2, 0.25) is 0 Å². The molecular weight excluding hydrogens is 388 g/mol. The maximum atomic E-state index is 12.8. The van der Waals surface area contributed by atoms with Crippen LogP contribution in [0.25, 0.3) is 0 Å². The summed E-state index contributed by atoms with van der Waals surface area (Å²) < 4.78 is 12.0. The van der Waals surface area contributed by atoms with Crippen molar-refractivity contribution < 1.29 is 24.5 Å². The predicted octanol–water partition coefficient (Wildman–Crippen LogP) is 1.95. The third-order valence-electron chi connectivity index (χ3n) is 9.21. The number of nitrogens with two attached hydrogens (primary N) is 1. The van der Waals surface area contributed by atoms with Crippen LogP contribution < -0.4 is 10.2 Å². The molecule has 0 aromatic heterocycles. The Morgan fingerprint density at radius 3 is 2.48 bits per heavy atom. The molecule has 2 saturated carbocycles. The van der Waals surface area contributed by atoms with Crippen molar-refractivity contribution in [2.24, 2.45) is 23.2 Å². The molecule has 4 fully saturated rings. The SMILES string of the molecule is CCCC[NH+](CCCC)CCC[NH2+]C[C@H]1C(=O)O[C@@H]2C[C@@]3(C)CCC[C@]4(CO4)[C@@H]3C[C@@H]21. The number of hydrogen-bond donors (Lipinski definition) is 2. The number of unbranched alkanes of at least 4 members (excludes halogenated alkanes) is 2. The van der Waals surface area contributed by atoms with Crippen LogP contribution in [0, 0.1) is 23.2 Å². The van der Waals surface area contributed by atoms with Gasteiger partial charge in [0.05, 0.1) is 44.9 Å². The standard InChI is InChI=1S/C26H46N2O3/c1-4-6-13-28(14-7-5-2)15-9-12-27-18-21-20-16-23-25(3,17-22(20)31-24(21)29)10-8-11-26(23)19-30-26/h20-23,27H,4-19H2,1-3H3/p+2/t20-,21-,22-,23-,25-,26+/m1/s1. The normalized spacial score (nSPS) is 38.9. The summed E-state index contributed by atoms with van der Waals surface area (Å²) in [7, 11) is 0. The molecule has 5 heteroatoms. The Balaban J connectivity index is 1.24. The summed E-state index contributed by atoms with van der Waals surface area (Å²) in [4.78, 5) is 14.5. The highest BCUT2D eigenvalue weighted by Gasteiger charge is 2.65. The quantitative estimate of drug-likeness (QED) is 0.279. The molecule has 0 aromatic rings. The Hall–Kier alpha value is -0.650. The van der Waals surface area contributed by atoms with Crippen LogP contribution in [0.4, 0.5) is 0 Å². The molecular formula is C26H48N2O3+2. The Morgan fingerprint density at radius 2 is 1.81 bits per heavy atom. The number of ether oxygens (including phenoxy) is 2. The molecule has 0 unspecified atom stereocenters. The third-order valence-corrected chi connectivity index (χ3v) is 9.21. The summed E-state index contributed by atoms with van der Waals surface area (Å²) in [5.74, 6) is 1.21. The molecule has 0 radical (unpaired) electrons. The first kappa shape index (κ1) is 23.5. The minimum atomic E-state index is 0.0809.